The Kier molecular flexibility index (Phi) is 6.26. The maximum Gasteiger partial charge on any atom is 0.224 e. The molecule has 0 spiro atoms. The summed E-state index contributed by atoms with van der Waals surface area (Å²) < 4.78 is 0. The van der Waals surface area contributed by atoms with Gasteiger partial charge in [0, 0.05) is 22.4 Å². The molecule has 0 aliphatic heterocycles. The Hall–Kier alpha value is -0.580. The molecule has 1 aliphatic carbocycles. The smallest absolute Gasteiger partial charge is 0.224 e. The summed E-state index contributed by atoms with van der Waals surface area (Å²) in [7, 11) is 0. The van der Waals surface area contributed by atoms with E-state index in [1.165, 1.54) is 4.88 Å². The van der Waals surface area contributed by atoms with Gasteiger partial charge in [0.25, 0.3) is 0 Å². The quantitative estimate of drug-likeness (QED) is 0.888. The average Bonchev–Trinajstić information content (AvgIpc) is 2.90. The van der Waals surface area contributed by atoms with Crippen molar-refractivity contribution in [2.24, 2.45) is 11.7 Å². The van der Waals surface area contributed by atoms with Crippen LogP contribution in [0.15, 0.2) is 17.5 Å². The molecule has 120 valence electrons. The zero-order chi connectivity index (χ0) is 14.8. The summed E-state index contributed by atoms with van der Waals surface area (Å²) in [6, 6.07) is 4.19. The Labute approximate surface area is 138 Å². The number of amides is 1. The predicted molar refractivity (Wildman–Crippen MR) is 92.2 cm³/mol. The minimum absolute atomic E-state index is 0. The van der Waals surface area contributed by atoms with Crippen LogP contribution in [0.2, 0.25) is 0 Å². The number of hydrogen-bond donors (Lipinski definition) is 2. The first-order chi connectivity index (χ1) is 9.33. The topological polar surface area (TPSA) is 55.1 Å². The van der Waals surface area contributed by atoms with Crippen LogP contribution in [0.1, 0.15) is 51.3 Å². The van der Waals surface area contributed by atoms with E-state index in [4.69, 9.17) is 5.73 Å². The molecule has 2 atom stereocenters. The summed E-state index contributed by atoms with van der Waals surface area (Å²) >= 11 is 1.74. The Morgan fingerprint density at radius 2 is 2.24 bits per heavy atom. The van der Waals surface area contributed by atoms with Crippen LogP contribution in [0.3, 0.4) is 0 Å². The highest BCUT2D eigenvalue weighted by Gasteiger charge is 2.38. The number of nitrogens with one attached hydrogen (secondary N) is 1. The van der Waals surface area contributed by atoms with Gasteiger partial charge in [0.2, 0.25) is 5.91 Å². The van der Waals surface area contributed by atoms with Crippen LogP contribution in [0.4, 0.5) is 0 Å². The van der Waals surface area contributed by atoms with E-state index in [-0.39, 0.29) is 35.2 Å². The highest BCUT2D eigenvalue weighted by Crippen LogP contribution is 2.32. The summed E-state index contributed by atoms with van der Waals surface area (Å²) in [4.78, 5) is 13.7. The van der Waals surface area contributed by atoms with E-state index >= 15 is 0 Å². The van der Waals surface area contributed by atoms with Crippen molar-refractivity contribution in [3.05, 3.63) is 22.4 Å². The lowest BCUT2D eigenvalue weighted by atomic mass is 9.74. The first-order valence-corrected chi connectivity index (χ1v) is 8.31. The molecule has 0 radical (unpaired) electrons. The third-order valence-corrected chi connectivity index (χ3v) is 5.70. The lowest BCUT2D eigenvalue weighted by Crippen LogP contribution is -2.53. The van der Waals surface area contributed by atoms with Crippen molar-refractivity contribution in [3.63, 3.8) is 0 Å². The molecule has 3 nitrogen and oxygen atoms in total. The zero-order valence-corrected chi connectivity index (χ0v) is 14.8. The van der Waals surface area contributed by atoms with E-state index in [9.17, 15) is 4.79 Å². The average molecular weight is 331 g/mol. The van der Waals surface area contributed by atoms with Gasteiger partial charge in [0.05, 0.1) is 5.92 Å². The van der Waals surface area contributed by atoms with Crippen molar-refractivity contribution < 1.29 is 4.79 Å². The van der Waals surface area contributed by atoms with Crippen LogP contribution in [0.25, 0.3) is 0 Å². The van der Waals surface area contributed by atoms with Gasteiger partial charge in [-0.15, -0.1) is 23.7 Å². The molecular formula is C16H27ClN2OS. The Balaban J connectivity index is 0.00000220. The second kappa shape index (κ2) is 7.12. The van der Waals surface area contributed by atoms with Gasteiger partial charge >= 0.3 is 0 Å². The third kappa shape index (κ3) is 4.44. The third-order valence-electron chi connectivity index (χ3n) is 4.46. The number of nitrogens with two attached hydrogens (primary N) is 1. The van der Waals surface area contributed by atoms with Crippen LogP contribution < -0.4 is 11.1 Å². The van der Waals surface area contributed by atoms with Crippen LogP contribution in [-0.4, -0.2) is 18.0 Å². The van der Waals surface area contributed by atoms with Crippen LogP contribution in [-0.2, 0) is 10.2 Å². The highest BCUT2D eigenvalue weighted by molar-refractivity contribution is 7.10. The largest absolute Gasteiger partial charge is 0.355 e. The predicted octanol–water partition coefficient (Wildman–Crippen LogP) is 3.47. The lowest BCUT2D eigenvalue weighted by molar-refractivity contribution is -0.128. The van der Waals surface area contributed by atoms with Gasteiger partial charge in [0.15, 0.2) is 0 Å². The fourth-order valence-electron chi connectivity index (χ4n) is 2.97. The molecule has 3 N–H and O–H groups in total. The molecule has 1 heterocycles. The summed E-state index contributed by atoms with van der Waals surface area (Å²) in [5.41, 5.74) is 5.92. The fraction of sp³-hybridized carbons (Fsp3) is 0.688. The van der Waals surface area contributed by atoms with E-state index in [1.54, 1.807) is 11.3 Å². The maximum absolute atomic E-state index is 12.4. The molecule has 1 aromatic heterocycles. The van der Waals surface area contributed by atoms with Gasteiger partial charge in [-0.2, -0.15) is 0 Å². The molecule has 0 saturated heterocycles. The van der Waals surface area contributed by atoms with Crippen LogP contribution >= 0.6 is 23.7 Å². The standard InChI is InChI=1S/C16H26N2OS.ClH/c1-15(2,13-8-6-10-20-13)11-18-14(19)12-7-4-5-9-16(12,3)17;/h6,8,10,12H,4-5,7,9,11,17H2,1-3H3,(H,18,19);1H. The van der Waals surface area contributed by atoms with E-state index < -0.39 is 0 Å². The molecule has 1 fully saturated rings. The number of hydrogen-bond acceptors (Lipinski definition) is 3. The SMILES string of the molecule is CC(C)(CNC(=O)C1CCCCC1(C)N)c1cccs1.Cl. The second-order valence-electron chi connectivity index (χ2n) is 6.88. The minimum Gasteiger partial charge on any atom is -0.355 e. The minimum atomic E-state index is -0.352. The van der Waals surface area contributed by atoms with E-state index in [1.807, 2.05) is 6.92 Å². The Morgan fingerprint density at radius 3 is 2.81 bits per heavy atom. The van der Waals surface area contributed by atoms with Gasteiger partial charge < -0.3 is 11.1 Å². The lowest BCUT2D eigenvalue weighted by Gasteiger charge is -2.38. The number of thiophene rings is 1. The second-order valence-corrected chi connectivity index (χ2v) is 7.83. The molecule has 5 heteroatoms. The van der Waals surface area contributed by atoms with Gasteiger partial charge in [-0.05, 0) is 31.2 Å². The molecule has 0 aromatic carbocycles. The molecule has 1 amide bonds. The number of carbonyl (C=O) groups is 1. The van der Waals surface area contributed by atoms with Crippen molar-refractivity contribution in [1.82, 2.24) is 5.32 Å². The van der Waals surface area contributed by atoms with Crippen LogP contribution in [0.5, 0.6) is 0 Å². The Bertz CT molecular complexity index is 457. The normalized spacial score (nSPS) is 26.0. The molecule has 2 rings (SSSR count). The summed E-state index contributed by atoms with van der Waals surface area (Å²) in [6.45, 7) is 7.02. The molecule has 0 bridgehead atoms. The number of halogens is 1. The van der Waals surface area contributed by atoms with Crippen molar-refractivity contribution >= 4 is 29.7 Å². The van der Waals surface area contributed by atoms with Crippen LogP contribution in [0, 0.1) is 5.92 Å². The molecule has 1 aliphatic rings. The van der Waals surface area contributed by atoms with Gasteiger partial charge in [-0.3, -0.25) is 4.79 Å². The van der Waals surface area contributed by atoms with Crippen molar-refractivity contribution in [2.45, 2.75) is 57.4 Å². The summed E-state index contributed by atoms with van der Waals surface area (Å²) in [5.74, 6) is 0.0784. The molecule has 21 heavy (non-hydrogen) atoms. The van der Waals surface area contributed by atoms with E-state index in [2.05, 4.69) is 36.7 Å². The summed E-state index contributed by atoms with van der Waals surface area (Å²) in [5, 5.41) is 5.20. The first-order valence-electron chi connectivity index (χ1n) is 7.43. The van der Waals surface area contributed by atoms with Crippen molar-refractivity contribution in [2.75, 3.05) is 6.54 Å². The number of rotatable bonds is 4. The fourth-order valence-corrected chi connectivity index (χ4v) is 3.82. The van der Waals surface area contributed by atoms with Crippen molar-refractivity contribution in [1.29, 1.82) is 0 Å². The van der Waals surface area contributed by atoms with Gasteiger partial charge in [-0.1, -0.05) is 32.8 Å². The van der Waals surface area contributed by atoms with E-state index in [0.29, 0.717) is 6.54 Å². The number of carbonyl (C=O) groups excluding carboxylic acids is 1. The summed E-state index contributed by atoms with van der Waals surface area (Å²) in [6.07, 6.45) is 4.11. The first kappa shape index (κ1) is 18.5. The highest BCUT2D eigenvalue weighted by atomic mass is 35.5. The zero-order valence-electron chi connectivity index (χ0n) is 13.1. The molecular weight excluding hydrogens is 304 g/mol. The Morgan fingerprint density at radius 1 is 1.52 bits per heavy atom. The van der Waals surface area contributed by atoms with Crippen molar-refractivity contribution in [3.8, 4) is 0 Å². The molecule has 2 unspecified atom stereocenters. The monoisotopic (exact) mass is 330 g/mol. The van der Waals surface area contributed by atoms with Gasteiger partial charge in [0.1, 0.15) is 0 Å². The molecule has 1 aromatic rings. The molecule has 1 saturated carbocycles. The van der Waals surface area contributed by atoms with E-state index in [0.717, 1.165) is 25.7 Å². The van der Waals surface area contributed by atoms with Gasteiger partial charge in [-0.25, -0.2) is 0 Å². The maximum atomic E-state index is 12.4.